The summed E-state index contributed by atoms with van der Waals surface area (Å²) in [5, 5.41) is 3.59. The molecular weight excluding hydrogens is 321 g/mol. The highest BCUT2D eigenvalue weighted by molar-refractivity contribution is 6.37. The molecule has 0 unspecified atom stereocenters. The number of halogens is 2. The Kier molecular flexibility index (Phi) is 4.99. The Morgan fingerprint density at radius 3 is 2.36 bits per heavy atom. The highest BCUT2D eigenvalue weighted by Crippen LogP contribution is 2.37. The lowest BCUT2D eigenvalue weighted by atomic mass is 10.1. The molecule has 3 nitrogen and oxygen atoms in total. The van der Waals surface area contributed by atoms with E-state index in [1.807, 2.05) is 25.1 Å². The Balaban J connectivity index is 2.21. The number of carbonyl (C=O) groups excluding carboxylic acids is 1. The molecule has 0 spiro atoms. The normalized spacial score (nSPS) is 11.1. The fraction of sp³-hybridized carbons (Fsp3) is 0.235. The maximum atomic E-state index is 12.4. The highest BCUT2D eigenvalue weighted by Gasteiger charge is 2.31. The molecule has 22 heavy (non-hydrogen) atoms. The lowest BCUT2D eigenvalue weighted by molar-refractivity contribution is -0.128. The summed E-state index contributed by atoms with van der Waals surface area (Å²) in [5.74, 6) is 0.0314. The minimum atomic E-state index is -1.13. The average Bonchev–Trinajstić information content (AvgIpc) is 2.48. The van der Waals surface area contributed by atoms with E-state index < -0.39 is 5.60 Å². The summed E-state index contributed by atoms with van der Waals surface area (Å²) in [5.41, 5.74) is 0.405. The van der Waals surface area contributed by atoms with Crippen molar-refractivity contribution >= 4 is 34.8 Å². The number of aryl methyl sites for hydroxylation is 1. The van der Waals surface area contributed by atoms with E-state index in [-0.39, 0.29) is 5.91 Å². The number of para-hydroxylation sites is 1. The number of carbonyl (C=O) groups is 1. The van der Waals surface area contributed by atoms with E-state index in [0.29, 0.717) is 21.5 Å². The number of hydrogen-bond acceptors (Lipinski definition) is 2. The van der Waals surface area contributed by atoms with Crippen LogP contribution in [-0.2, 0) is 4.79 Å². The van der Waals surface area contributed by atoms with E-state index >= 15 is 0 Å². The van der Waals surface area contributed by atoms with Gasteiger partial charge in [0.2, 0.25) is 0 Å². The van der Waals surface area contributed by atoms with E-state index in [1.54, 1.807) is 38.1 Å². The minimum Gasteiger partial charge on any atom is -0.475 e. The van der Waals surface area contributed by atoms with Crippen molar-refractivity contribution in [3.05, 3.63) is 58.1 Å². The van der Waals surface area contributed by atoms with Gasteiger partial charge in [0.25, 0.3) is 5.91 Å². The van der Waals surface area contributed by atoms with Gasteiger partial charge in [-0.15, -0.1) is 0 Å². The molecule has 0 saturated carbocycles. The number of amides is 1. The van der Waals surface area contributed by atoms with E-state index in [0.717, 1.165) is 5.56 Å². The first-order chi connectivity index (χ1) is 10.3. The monoisotopic (exact) mass is 337 g/mol. The predicted octanol–water partition coefficient (Wildman–Crippen LogP) is 5.10. The van der Waals surface area contributed by atoms with E-state index in [9.17, 15) is 4.79 Å². The van der Waals surface area contributed by atoms with Gasteiger partial charge in [-0.2, -0.15) is 0 Å². The molecule has 5 heteroatoms. The second kappa shape index (κ2) is 6.59. The molecule has 1 amide bonds. The van der Waals surface area contributed by atoms with Crippen molar-refractivity contribution in [2.45, 2.75) is 26.4 Å². The molecule has 0 aliphatic heterocycles. The first-order valence-electron chi connectivity index (χ1n) is 6.81. The number of rotatable bonds is 4. The van der Waals surface area contributed by atoms with Gasteiger partial charge in [0.1, 0.15) is 0 Å². The van der Waals surface area contributed by atoms with Gasteiger partial charge in [-0.1, -0.05) is 47.5 Å². The quantitative estimate of drug-likeness (QED) is 0.842. The fourth-order valence-electron chi connectivity index (χ4n) is 1.83. The molecule has 1 N–H and O–H groups in total. The first-order valence-corrected chi connectivity index (χ1v) is 7.57. The van der Waals surface area contributed by atoms with Crippen LogP contribution in [0.4, 0.5) is 5.69 Å². The first kappa shape index (κ1) is 16.7. The second-order valence-electron chi connectivity index (χ2n) is 5.44. The summed E-state index contributed by atoms with van der Waals surface area (Å²) in [6.07, 6.45) is 0. The third-order valence-corrected chi connectivity index (χ3v) is 3.95. The Bertz CT molecular complexity index is 685. The van der Waals surface area contributed by atoms with Crippen LogP contribution in [0.1, 0.15) is 19.4 Å². The van der Waals surface area contributed by atoms with Crippen LogP contribution in [0, 0.1) is 6.92 Å². The number of anilines is 1. The molecule has 0 aromatic heterocycles. The van der Waals surface area contributed by atoms with Crippen LogP contribution in [0.5, 0.6) is 5.75 Å². The van der Waals surface area contributed by atoms with E-state index in [2.05, 4.69) is 5.32 Å². The molecule has 0 heterocycles. The Morgan fingerprint density at radius 2 is 1.73 bits per heavy atom. The molecular formula is C17H17Cl2NO2. The Morgan fingerprint density at radius 1 is 1.09 bits per heavy atom. The lowest BCUT2D eigenvalue weighted by Crippen LogP contribution is -2.42. The zero-order valence-electron chi connectivity index (χ0n) is 12.6. The van der Waals surface area contributed by atoms with E-state index in [1.165, 1.54) is 0 Å². The molecule has 0 saturated heterocycles. The fourth-order valence-corrected chi connectivity index (χ4v) is 2.28. The predicted molar refractivity (Wildman–Crippen MR) is 91.0 cm³/mol. The standard InChI is InChI=1S/C17H17Cl2NO2/c1-11-9-10-13(18)15(14(11)19)22-17(2,3)16(21)20-12-7-5-4-6-8-12/h4-10H,1-3H3,(H,20,21). The van der Waals surface area contributed by atoms with Crippen molar-refractivity contribution < 1.29 is 9.53 Å². The van der Waals surface area contributed by atoms with Crippen molar-refractivity contribution in [3.63, 3.8) is 0 Å². The van der Waals surface area contributed by atoms with E-state index in [4.69, 9.17) is 27.9 Å². The molecule has 2 rings (SSSR count). The molecule has 2 aromatic rings. The van der Waals surface area contributed by atoms with Crippen molar-refractivity contribution in [1.82, 2.24) is 0 Å². The van der Waals surface area contributed by atoms with Crippen molar-refractivity contribution in [3.8, 4) is 5.75 Å². The maximum Gasteiger partial charge on any atom is 0.267 e. The van der Waals surface area contributed by atoms with Gasteiger partial charge in [-0.05, 0) is 44.5 Å². The molecule has 0 radical (unpaired) electrons. The Labute approximate surface area is 140 Å². The zero-order chi connectivity index (χ0) is 16.3. The van der Waals surface area contributed by atoms with Crippen molar-refractivity contribution in [1.29, 1.82) is 0 Å². The van der Waals surface area contributed by atoms with Crippen LogP contribution in [-0.4, -0.2) is 11.5 Å². The van der Waals surface area contributed by atoms with Gasteiger partial charge in [0, 0.05) is 5.69 Å². The minimum absolute atomic E-state index is 0.285. The molecule has 0 atom stereocenters. The summed E-state index contributed by atoms with van der Waals surface area (Å²) in [7, 11) is 0. The summed E-state index contributed by atoms with van der Waals surface area (Å²) < 4.78 is 5.80. The SMILES string of the molecule is Cc1ccc(Cl)c(OC(C)(C)C(=O)Nc2ccccc2)c1Cl. The number of benzene rings is 2. The molecule has 2 aromatic carbocycles. The number of hydrogen-bond donors (Lipinski definition) is 1. The molecule has 0 bridgehead atoms. The summed E-state index contributed by atoms with van der Waals surface area (Å²) in [6, 6.07) is 12.7. The van der Waals surface area contributed by atoms with Gasteiger partial charge >= 0.3 is 0 Å². The second-order valence-corrected chi connectivity index (χ2v) is 6.23. The number of nitrogens with one attached hydrogen (secondary N) is 1. The molecule has 0 aliphatic carbocycles. The summed E-state index contributed by atoms with van der Waals surface area (Å²) in [4.78, 5) is 12.4. The third-order valence-electron chi connectivity index (χ3n) is 3.18. The van der Waals surface area contributed by atoms with Crippen molar-refractivity contribution in [2.24, 2.45) is 0 Å². The molecule has 0 aliphatic rings. The molecule has 0 fully saturated rings. The Hall–Kier alpha value is -1.71. The van der Waals surface area contributed by atoms with Crippen LogP contribution in [0.15, 0.2) is 42.5 Å². The van der Waals surface area contributed by atoms with Crippen LogP contribution < -0.4 is 10.1 Å². The van der Waals surface area contributed by atoms with Crippen LogP contribution in [0.25, 0.3) is 0 Å². The molecule has 116 valence electrons. The maximum absolute atomic E-state index is 12.4. The topological polar surface area (TPSA) is 38.3 Å². The van der Waals surface area contributed by atoms with Crippen LogP contribution in [0.2, 0.25) is 10.0 Å². The zero-order valence-corrected chi connectivity index (χ0v) is 14.1. The van der Waals surface area contributed by atoms with Crippen LogP contribution in [0.3, 0.4) is 0 Å². The third kappa shape index (κ3) is 3.73. The average molecular weight is 338 g/mol. The van der Waals surface area contributed by atoms with Gasteiger partial charge < -0.3 is 10.1 Å². The number of ether oxygens (including phenoxy) is 1. The summed E-state index contributed by atoms with van der Waals surface area (Å²) >= 11 is 12.4. The largest absolute Gasteiger partial charge is 0.475 e. The van der Waals surface area contributed by atoms with Crippen molar-refractivity contribution in [2.75, 3.05) is 5.32 Å². The van der Waals surface area contributed by atoms with Gasteiger partial charge in [0.05, 0.1) is 10.0 Å². The summed E-state index contributed by atoms with van der Waals surface area (Å²) in [6.45, 7) is 5.18. The highest BCUT2D eigenvalue weighted by atomic mass is 35.5. The lowest BCUT2D eigenvalue weighted by Gasteiger charge is -2.26. The van der Waals surface area contributed by atoms with Gasteiger partial charge in [-0.25, -0.2) is 0 Å². The van der Waals surface area contributed by atoms with Gasteiger partial charge in [0.15, 0.2) is 11.4 Å². The smallest absolute Gasteiger partial charge is 0.267 e. The van der Waals surface area contributed by atoms with Crippen LogP contribution >= 0.6 is 23.2 Å². The van der Waals surface area contributed by atoms with Gasteiger partial charge in [-0.3, -0.25) is 4.79 Å².